The molecule has 0 aliphatic rings. The summed E-state index contributed by atoms with van der Waals surface area (Å²) in [7, 11) is 0. The minimum Gasteiger partial charge on any atom is -0.316 e. The van der Waals surface area contributed by atoms with E-state index in [0.29, 0.717) is 6.92 Å². The Kier molecular flexibility index (Phi) is 5.17. The van der Waals surface area contributed by atoms with E-state index in [1.165, 1.54) is 13.0 Å². The molecule has 0 aromatic heterocycles. The zero-order valence-electron chi connectivity index (χ0n) is 12.0. The maximum absolute atomic E-state index is 13.0. The van der Waals surface area contributed by atoms with Crippen molar-refractivity contribution in [3.63, 3.8) is 0 Å². The predicted molar refractivity (Wildman–Crippen MR) is 68.4 cm³/mol. The van der Waals surface area contributed by atoms with Crippen molar-refractivity contribution >= 4 is 11.7 Å². The summed E-state index contributed by atoms with van der Waals surface area (Å²) in [4.78, 5) is 11.6. The van der Waals surface area contributed by atoms with E-state index in [1.54, 1.807) is 5.32 Å². The molecule has 0 saturated carbocycles. The molecule has 0 spiro atoms. The van der Waals surface area contributed by atoms with E-state index in [2.05, 4.69) is 0 Å². The first-order valence-corrected chi connectivity index (χ1v) is 6.33. The first-order chi connectivity index (χ1) is 10.3. The van der Waals surface area contributed by atoms with Gasteiger partial charge in [0.1, 0.15) is 5.82 Å². The lowest BCUT2D eigenvalue weighted by atomic mass is 9.94. The van der Waals surface area contributed by atoms with E-state index in [9.17, 15) is 35.5 Å². The Balaban J connectivity index is 3.10. The molecule has 0 saturated heterocycles. The number of hydrogen-bond acceptors (Lipinski definition) is 1. The van der Waals surface area contributed by atoms with Crippen LogP contribution in [0.3, 0.4) is 0 Å². The number of amides is 2. The molecule has 23 heavy (non-hydrogen) atoms. The third-order valence-electron chi connectivity index (χ3n) is 3.27. The summed E-state index contributed by atoms with van der Waals surface area (Å²) < 4.78 is 90.4. The van der Waals surface area contributed by atoms with Gasteiger partial charge >= 0.3 is 18.4 Å². The molecule has 0 fully saturated rings. The third-order valence-corrected chi connectivity index (χ3v) is 3.27. The molecule has 2 amide bonds. The first-order valence-electron chi connectivity index (χ1n) is 6.33. The van der Waals surface area contributed by atoms with Crippen LogP contribution >= 0.6 is 0 Å². The van der Waals surface area contributed by atoms with Gasteiger partial charge in [0.15, 0.2) is 0 Å². The van der Waals surface area contributed by atoms with Gasteiger partial charge in [-0.15, -0.1) is 0 Å². The number of halogens is 7. The maximum atomic E-state index is 13.0. The lowest BCUT2D eigenvalue weighted by Gasteiger charge is -2.37. The fraction of sp³-hybridized carbons (Fsp3) is 0.462. The quantitative estimate of drug-likeness (QED) is 0.776. The number of urea groups is 1. The molecule has 1 rings (SSSR count). The predicted octanol–water partition coefficient (Wildman–Crippen LogP) is 4.53. The van der Waals surface area contributed by atoms with Gasteiger partial charge in [-0.25, -0.2) is 9.18 Å². The van der Waals surface area contributed by atoms with Crippen LogP contribution < -0.4 is 10.6 Å². The molecule has 0 bridgehead atoms. The molecule has 3 nitrogen and oxygen atoms in total. The standard InChI is InChI=1S/C13H13F7N2O/c1-3-11(12(15,16)17,13(18,19)20)22-10(23)21-9-6-8(14)5-4-7(9)2/h4-6H,3H2,1-2H3,(H2,21,22,23). The van der Waals surface area contributed by atoms with Crippen LogP contribution in [0.1, 0.15) is 18.9 Å². The number of anilines is 1. The second kappa shape index (κ2) is 6.25. The molecule has 0 atom stereocenters. The average Bonchev–Trinajstić information content (AvgIpc) is 2.37. The summed E-state index contributed by atoms with van der Waals surface area (Å²) in [6, 6.07) is 1.28. The molecule has 1 aromatic carbocycles. The molecule has 0 unspecified atom stereocenters. The van der Waals surface area contributed by atoms with Crippen LogP contribution in [0.2, 0.25) is 0 Å². The van der Waals surface area contributed by atoms with Crippen LogP contribution in [-0.4, -0.2) is 23.9 Å². The van der Waals surface area contributed by atoms with Crippen LogP contribution in [0, 0.1) is 12.7 Å². The van der Waals surface area contributed by atoms with Crippen molar-refractivity contribution < 1.29 is 35.5 Å². The third kappa shape index (κ3) is 3.85. The molecule has 0 aliphatic carbocycles. The minimum absolute atomic E-state index is 0.239. The van der Waals surface area contributed by atoms with Gasteiger partial charge in [0, 0.05) is 5.69 Å². The van der Waals surface area contributed by atoms with Crippen molar-refractivity contribution in [2.75, 3.05) is 5.32 Å². The Morgan fingerprint density at radius 2 is 1.61 bits per heavy atom. The smallest absolute Gasteiger partial charge is 0.316 e. The van der Waals surface area contributed by atoms with Crippen molar-refractivity contribution in [2.45, 2.75) is 38.2 Å². The lowest BCUT2D eigenvalue weighted by Crippen LogP contribution is -2.67. The van der Waals surface area contributed by atoms with Gasteiger partial charge in [0.2, 0.25) is 5.54 Å². The molecular weight excluding hydrogens is 333 g/mol. The summed E-state index contributed by atoms with van der Waals surface area (Å²) >= 11 is 0. The fourth-order valence-electron chi connectivity index (χ4n) is 1.87. The van der Waals surface area contributed by atoms with Gasteiger partial charge in [0.25, 0.3) is 0 Å². The Morgan fingerprint density at radius 1 is 1.09 bits per heavy atom. The zero-order chi connectivity index (χ0) is 18.1. The highest BCUT2D eigenvalue weighted by atomic mass is 19.4. The van der Waals surface area contributed by atoms with Crippen molar-refractivity contribution in [3.8, 4) is 0 Å². The van der Waals surface area contributed by atoms with E-state index in [1.807, 2.05) is 0 Å². The number of alkyl halides is 6. The molecule has 0 aliphatic heterocycles. The normalized spacial score (nSPS) is 12.9. The van der Waals surface area contributed by atoms with E-state index < -0.39 is 36.2 Å². The van der Waals surface area contributed by atoms with Crippen molar-refractivity contribution in [1.82, 2.24) is 5.32 Å². The van der Waals surface area contributed by atoms with Crippen LogP contribution in [0.25, 0.3) is 0 Å². The largest absolute Gasteiger partial charge is 0.420 e. The van der Waals surface area contributed by atoms with Gasteiger partial charge in [0.05, 0.1) is 0 Å². The van der Waals surface area contributed by atoms with Crippen LogP contribution in [0.5, 0.6) is 0 Å². The zero-order valence-corrected chi connectivity index (χ0v) is 12.0. The summed E-state index contributed by atoms with van der Waals surface area (Å²) in [5.41, 5.74) is -4.37. The van der Waals surface area contributed by atoms with Gasteiger partial charge < -0.3 is 10.6 Å². The topological polar surface area (TPSA) is 41.1 Å². The van der Waals surface area contributed by atoms with E-state index in [-0.39, 0.29) is 11.3 Å². The lowest BCUT2D eigenvalue weighted by molar-refractivity contribution is -0.304. The van der Waals surface area contributed by atoms with Crippen LogP contribution in [0.4, 0.5) is 41.2 Å². The summed E-state index contributed by atoms with van der Waals surface area (Å²) in [5, 5.41) is 2.73. The van der Waals surface area contributed by atoms with Crippen molar-refractivity contribution in [3.05, 3.63) is 29.6 Å². The minimum atomic E-state index is -5.76. The van der Waals surface area contributed by atoms with Gasteiger partial charge in [-0.05, 0) is 31.0 Å². The van der Waals surface area contributed by atoms with Gasteiger partial charge in [-0.3, -0.25) is 0 Å². The number of hydrogen-bond donors (Lipinski definition) is 2. The monoisotopic (exact) mass is 346 g/mol. The Bertz CT molecular complexity index is 567. The first kappa shape index (κ1) is 19.0. The van der Waals surface area contributed by atoms with Gasteiger partial charge in [-0.2, -0.15) is 26.3 Å². The number of rotatable bonds is 3. The highest BCUT2D eigenvalue weighted by molar-refractivity contribution is 5.90. The Morgan fingerprint density at radius 3 is 2.04 bits per heavy atom. The molecule has 130 valence electrons. The number of nitrogens with one attached hydrogen (secondary N) is 2. The van der Waals surface area contributed by atoms with Crippen molar-refractivity contribution in [1.29, 1.82) is 0 Å². The summed E-state index contributed by atoms with van der Waals surface area (Å²) in [5.74, 6) is -0.806. The Labute approximate surface area is 126 Å². The second-order valence-corrected chi connectivity index (χ2v) is 4.79. The van der Waals surface area contributed by atoms with Crippen LogP contribution in [0.15, 0.2) is 18.2 Å². The van der Waals surface area contributed by atoms with Crippen LogP contribution in [-0.2, 0) is 0 Å². The number of aryl methyl sites for hydroxylation is 1. The molecule has 0 heterocycles. The van der Waals surface area contributed by atoms with E-state index in [4.69, 9.17) is 0 Å². The van der Waals surface area contributed by atoms with E-state index in [0.717, 1.165) is 17.4 Å². The second-order valence-electron chi connectivity index (χ2n) is 4.79. The summed E-state index contributed by atoms with van der Waals surface area (Å²) in [6.07, 6.45) is -13.0. The number of carbonyl (C=O) groups excluding carboxylic acids is 1. The molecule has 2 N–H and O–H groups in total. The van der Waals surface area contributed by atoms with Gasteiger partial charge in [-0.1, -0.05) is 13.0 Å². The maximum Gasteiger partial charge on any atom is 0.420 e. The Hall–Kier alpha value is -2.00. The number of carbonyl (C=O) groups is 1. The number of benzene rings is 1. The summed E-state index contributed by atoms with van der Waals surface area (Å²) in [6.45, 7) is 2.05. The molecule has 1 aromatic rings. The van der Waals surface area contributed by atoms with Crippen molar-refractivity contribution in [2.24, 2.45) is 0 Å². The highest BCUT2D eigenvalue weighted by Gasteiger charge is 2.70. The molecule has 10 heteroatoms. The van der Waals surface area contributed by atoms with E-state index >= 15 is 0 Å². The average molecular weight is 346 g/mol. The molecule has 0 radical (unpaired) electrons. The SMILES string of the molecule is CCC(NC(=O)Nc1cc(F)ccc1C)(C(F)(F)F)C(F)(F)F. The highest BCUT2D eigenvalue weighted by Crippen LogP contribution is 2.45. The molecular formula is C13H13F7N2O. The fourth-order valence-corrected chi connectivity index (χ4v) is 1.87.